The summed E-state index contributed by atoms with van der Waals surface area (Å²) in [7, 11) is 0. The highest BCUT2D eigenvalue weighted by atomic mass is 16.4. The molecule has 0 saturated heterocycles. The number of carbonyl (C=O) groups excluding carboxylic acids is 1. The van der Waals surface area contributed by atoms with E-state index in [4.69, 9.17) is 5.11 Å². The Balaban J connectivity index is 2.62. The molecule has 0 spiro atoms. The Morgan fingerprint density at radius 2 is 2.19 bits per heavy atom. The van der Waals surface area contributed by atoms with E-state index >= 15 is 0 Å². The number of carboxylic acids is 1. The van der Waals surface area contributed by atoms with Crippen LogP contribution in [0.1, 0.15) is 25.8 Å². The van der Waals surface area contributed by atoms with Crippen molar-refractivity contribution in [1.82, 2.24) is 10.2 Å². The van der Waals surface area contributed by atoms with E-state index in [-0.39, 0.29) is 12.3 Å². The van der Waals surface area contributed by atoms with Gasteiger partial charge < -0.3 is 10.4 Å². The van der Waals surface area contributed by atoms with Gasteiger partial charge in [-0.15, -0.1) is 0 Å². The molecule has 0 fully saturated rings. The lowest BCUT2D eigenvalue weighted by atomic mass is 9.89. The minimum atomic E-state index is -1.07. The van der Waals surface area contributed by atoms with Crippen LogP contribution in [0.5, 0.6) is 0 Å². The third-order valence-corrected chi connectivity index (χ3v) is 2.27. The van der Waals surface area contributed by atoms with E-state index in [9.17, 15) is 9.59 Å². The minimum Gasteiger partial charge on any atom is -0.481 e. The summed E-state index contributed by atoms with van der Waals surface area (Å²) in [6.45, 7) is 4.81. The van der Waals surface area contributed by atoms with Gasteiger partial charge >= 0.3 is 5.97 Å². The molecule has 3 N–H and O–H groups in total. The van der Waals surface area contributed by atoms with Gasteiger partial charge in [0.25, 0.3) is 0 Å². The molecule has 16 heavy (non-hydrogen) atoms. The Bertz CT molecular complexity index is 409. The number of aromatic nitrogens is 2. The Morgan fingerprint density at radius 3 is 2.62 bits per heavy atom. The first kappa shape index (κ1) is 12.2. The maximum atomic E-state index is 11.6. The molecule has 6 heteroatoms. The van der Waals surface area contributed by atoms with Crippen LogP contribution in [0.2, 0.25) is 0 Å². The first-order chi connectivity index (χ1) is 7.33. The van der Waals surface area contributed by atoms with Crippen LogP contribution in [0.4, 0.5) is 5.82 Å². The number of aryl methyl sites for hydroxylation is 1. The van der Waals surface area contributed by atoms with Gasteiger partial charge in [-0.2, -0.15) is 5.10 Å². The average Bonchev–Trinajstić information content (AvgIpc) is 2.50. The monoisotopic (exact) mass is 225 g/mol. The fourth-order valence-corrected chi connectivity index (χ4v) is 1.13. The van der Waals surface area contributed by atoms with Crippen LogP contribution >= 0.6 is 0 Å². The summed E-state index contributed by atoms with van der Waals surface area (Å²) in [6, 6.07) is 0. The van der Waals surface area contributed by atoms with Crippen molar-refractivity contribution in [1.29, 1.82) is 0 Å². The molecular formula is C10H15N3O3. The maximum Gasteiger partial charge on any atom is 0.309 e. The van der Waals surface area contributed by atoms with E-state index in [1.165, 1.54) is 13.8 Å². The van der Waals surface area contributed by atoms with Crippen molar-refractivity contribution in [2.45, 2.75) is 27.2 Å². The molecule has 1 rings (SSSR count). The number of hydrogen-bond donors (Lipinski definition) is 3. The zero-order chi connectivity index (χ0) is 12.3. The minimum absolute atomic E-state index is 0.0825. The van der Waals surface area contributed by atoms with Crippen LogP contribution in [0.25, 0.3) is 0 Å². The van der Waals surface area contributed by atoms with Crippen molar-refractivity contribution in [3.63, 3.8) is 0 Å². The predicted octanol–water partition coefficient (Wildman–Crippen LogP) is 1.16. The smallest absolute Gasteiger partial charge is 0.309 e. The SMILES string of the molecule is Cc1cn[nH]c1NC(=O)CC(C)(C)C(=O)O. The lowest BCUT2D eigenvalue weighted by Gasteiger charge is -2.17. The van der Waals surface area contributed by atoms with Crippen molar-refractivity contribution in [2.24, 2.45) is 5.41 Å². The Hall–Kier alpha value is -1.85. The van der Waals surface area contributed by atoms with Crippen LogP contribution in [0.3, 0.4) is 0 Å². The summed E-state index contributed by atoms with van der Waals surface area (Å²) >= 11 is 0. The van der Waals surface area contributed by atoms with Gasteiger partial charge in [-0.1, -0.05) is 0 Å². The number of rotatable bonds is 4. The molecule has 0 radical (unpaired) electrons. The number of carbonyl (C=O) groups is 2. The molecule has 1 amide bonds. The van der Waals surface area contributed by atoms with Gasteiger partial charge in [0.2, 0.25) is 5.91 Å². The quantitative estimate of drug-likeness (QED) is 0.716. The molecule has 1 heterocycles. The maximum absolute atomic E-state index is 11.6. The van der Waals surface area contributed by atoms with Gasteiger partial charge in [0.15, 0.2) is 0 Å². The van der Waals surface area contributed by atoms with Crippen LogP contribution in [0.15, 0.2) is 6.20 Å². The lowest BCUT2D eigenvalue weighted by Crippen LogP contribution is -2.29. The fraction of sp³-hybridized carbons (Fsp3) is 0.500. The first-order valence-corrected chi connectivity index (χ1v) is 4.86. The fourth-order valence-electron chi connectivity index (χ4n) is 1.13. The zero-order valence-electron chi connectivity index (χ0n) is 9.50. The van der Waals surface area contributed by atoms with Crippen molar-refractivity contribution in [2.75, 3.05) is 5.32 Å². The van der Waals surface area contributed by atoms with Gasteiger partial charge in [-0.25, -0.2) is 0 Å². The van der Waals surface area contributed by atoms with Crippen LogP contribution in [-0.2, 0) is 9.59 Å². The Labute approximate surface area is 93.1 Å². The molecule has 0 aromatic carbocycles. The molecule has 0 aliphatic heterocycles. The summed E-state index contributed by atoms with van der Waals surface area (Å²) in [5.41, 5.74) is -0.264. The van der Waals surface area contributed by atoms with Gasteiger partial charge in [-0.3, -0.25) is 14.7 Å². The number of nitrogens with one attached hydrogen (secondary N) is 2. The predicted molar refractivity (Wildman–Crippen MR) is 58.0 cm³/mol. The van der Waals surface area contributed by atoms with Crippen molar-refractivity contribution >= 4 is 17.7 Å². The molecule has 1 aromatic heterocycles. The largest absolute Gasteiger partial charge is 0.481 e. The lowest BCUT2D eigenvalue weighted by molar-refractivity contribution is -0.148. The van der Waals surface area contributed by atoms with E-state index in [2.05, 4.69) is 15.5 Å². The topological polar surface area (TPSA) is 95.1 Å². The van der Waals surface area contributed by atoms with Crippen molar-refractivity contribution in [3.8, 4) is 0 Å². The summed E-state index contributed by atoms with van der Waals surface area (Å²) in [6.07, 6.45) is 1.50. The van der Waals surface area contributed by atoms with Crippen LogP contribution in [0, 0.1) is 12.3 Å². The van der Waals surface area contributed by atoms with E-state index in [1.54, 1.807) is 13.1 Å². The number of amides is 1. The number of aromatic amines is 1. The number of carboxylic acid groups (broad SMARTS) is 1. The zero-order valence-corrected chi connectivity index (χ0v) is 9.50. The summed E-state index contributed by atoms with van der Waals surface area (Å²) in [5.74, 6) is -0.838. The number of H-pyrrole nitrogens is 1. The molecule has 0 bridgehead atoms. The number of anilines is 1. The Kier molecular flexibility index (Phi) is 3.31. The summed E-state index contributed by atoms with van der Waals surface area (Å²) in [4.78, 5) is 22.4. The average molecular weight is 225 g/mol. The number of aliphatic carboxylic acids is 1. The molecule has 88 valence electrons. The Morgan fingerprint density at radius 1 is 1.56 bits per heavy atom. The van der Waals surface area contributed by atoms with Gasteiger partial charge in [0, 0.05) is 12.0 Å². The van der Waals surface area contributed by atoms with Gasteiger partial charge in [0.05, 0.1) is 11.6 Å². The van der Waals surface area contributed by atoms with Crippen LogP contribution < -0.4 is 5.32 Å². The highest BCUT2D eigenvalue weighted by Gasteiger charge is 2.30. The highest BCUT2D eigenvalue weighted by molar-refractivity contribution is 5.93. The molecule has 0 saturated carbocycles. The highest BCUT2D eigenvalue weighted by Crippen LogP contribution is 2.21. The van der Waals surface area contributed by atoms with Gasteiger partial charge in [-0.05, 0) is 20.8 Å². The molecule has 0 unspecified atom stereocenters. The second-order valence-electron chi connectivity index (χ2n) is 4.34. The third kappa shape index (κ3) is 2.82. The molecule has 0 atom stereocenters. The molecule has 0 aliphatic rings. The van der Waals surface area contributed by atoms with Crippen molar-refractivity contribution in [3.05, 3.63) is 11.8 Å². The van der Waals surface area contributed by atoms with E-state index < -0.39 is 11.4 Å². The second-order valence-corrected chi connectivity index (χ2v) is 4.34. The summed E-state index contributed by atoms with van der Waals surface area (Å²) in [5, 5.41) is 17.8. The second kappa shape index (κ2) is 4.34. The molecular weight excluding hydrogens is 210 g/mol. The van der Waals surface area contributed by atoms with E-state index in [0.717, 1.165) is 5.56 Å². The molecule has 0 aliphatic carbocycles. The summed E-state index contributed by atoms with van der Waals surface area (Å²) < 4.78 is 0. The molecule has 6 nitrogen and oxygen atoms in total. The first-order valence-electron chi connectivity index (χ1n) is 4.86. The number of hydrogen-bond acceptors (Lipinski definition) is 3. The van der Waals surface area contributed by atoms with E-state index in [0.29, 0.717) is 5.82 Å². The van der Waals surface area contributed by atoms with Crippen LogP contribution in [-0.4, -0.2) is 27.2 Å². The standard InChI is InChI=1S/C10H15N3O3/c1-6-5-11-13-8(6)12-7(14)4-10(2,3)9(15)16/h5H,4H2,1-3H3,(H,15,16)(H2,11,12,13,14). The van der Waals surface area contributed by atoms with Crippen molar-refractivity contribution < 1.29 is 14.7 Å². The van der Waals surface area contributed by atoms with Gasteiger partial charge in [0.1, 0.15) is 5.82 Å². The van der Waals surface area contributed by atoms with E-state index in [1.807, 2.05) is 0 Å². The number of nitrogens with zero attached hydrogens (tertiary/aromatic N) is 1. The molecule has 1 aromatic rings. The normalized spacial score (nSPS) is 11.2. The third-order valence-electron chi connectivity index (χ3n) is 2.27.